The van der Waals surface area contributed by atoms with Crippen molar-refractivity contribution >= 4 is 65.2 Å². The SMILES string of the molecule is [Li+].c1ccc(-c2cc(C3c4ccccc4-c4ccccc43)nc3c2ccc2c(-c4ccccc4)cc(C4c5ccccc5-c5ccccc54)nc23)cc1.c1ccc(-c2ccnc3c2ccc2c(-c4ccccc4)ccnc23)cc1.c1ccc2c(c1)Cc1ccccc1-2.c1ccc2c(c1)[cH-]c1ccccc12. The first kappa shape index (κ1) is 64.3. The molecular formula is C100H67LiN4. The molecule has 488 valence electrons. The molecule has 4 heterocycles. The molecule has 22 rings (SSSR count). The van der Waals surface area contributed by atoms with E-state index in [1.165, 1.54) is 133 Å². The van der Waals surface area contributed by atoms with Gasteiger partial charge in [-0.15, -0.1) is 39.7 Å². The molecule has 105 heavy (non-hydrogen) atoms. The molecule has 0 saturated heterocycles. The van der Waals surface area contributed by atoms with Gasteiger partial charge in [0.15, 0.2) is 0 Å². The molecule has 0 fully saturated rings. The van der Waals surface area contributed by atoms with E-state index in [-0.39, 0.29) is 30.7 Å². The molecule has 0 N–H and O–H groups in total. The van der Waals surface area contributed by atoms with Crippen molar-refractivity contribution in [2.24, 2.45) is 0 Å². The standard InChI is InChI=1S/C50H32N2.C24H16N2.C13H10.C13H9.Li/c1-3-15-31(16-4-1)43-29-45(47-37-23-11-7-19-33(37)34-20-8-12-24-38(34)47)51-49-41(43)27-28-42-44(32-17-5-2-6-18-32)30-46(52-50(42)49)48-39-25-13-9-21-35(39)36-22-10-14-26-40(36)48;1-3-7-17(8-4-1)19-13-15-25-23-21(19)11-12-22-20(14-16-26-24(22)23)18-9-5-2-6-10-18;2*1-3-7-12-10(5-1)9-11-6-2-4-8-13(11)12;/h1-30,47-48H;1-16H;1-8H,9H2;1-9H;/q;;;-1;+1. The fourth-order valence-corrected chi connectivity index (χ4v) is 16.5. The predicted molar refractivity (Wildman–Crippen MR) is 433 cm³/mol. The van der Waals surface area contributed by atoms with Crippen molar-refractivity contribution in [3.05, 3.63) is 427 Å². The number of benzene rings is 14. The summed E-state index contributed by atoms with van der Waals surface area (Å²) in [5, 5.41) is 9.87. The van der Waals surface area contributed by atoms with Gasteiger partial charge in [0.2, 0.25) is 0 Å². The Balaban J connectivity index is 0.000000120. The minimum Gasteiger partial charge on any atom is -0.254 e. The number of hydrogen-bond donors (Lipinski definition) is 0. The summed E-state index contributed by atoms with van der Waals surface area (Å²) in [5.41, 5.74) is 31.4. The molecule has 0 bridgehead atoms. The third kappa shape index (κ3) is 11.7. The topological polar surface area (TPSA) is 51.6 Å². The second kappa shape index (κ2) is 27.9. The van der Waals surface area contributed by atoms with Gasteiger partial charge < -0.3 is 0 Å². The Bertz CT molecular complexity index is 5990. The quantitative estimate of drug-likeness (QED) is 0.0946. The van der Waals surface area contributed by atoms with Crippen molar-refractivity contribution < 1.29 is 18.9 Å². The van der Waals surface area contributed by atoms with E-state index >= 15 is 0 Å². The zero-order chi connectivity index (χ0) is 68.9. The number of rotatable bonds is 6. The van der Waals surface area contributed by atoms with E-state index in [1.54, 1.807) is 0 Å². The van der Waals surface area contributed by atoms with Crippen LogP contribution in [-0.4, -0.2) is 19.9 Å². The average Bonchev–Trinajstić information content (AvgIpc) is 1.68. The van der Waals surface area contributed by atoms with Crippen LogP contribution in [0.5, 0.6) is 0 Å². The third-order valence-electron chi connectivity index (χ3n) is 21.2. The molecular weight excluding hydrogens is 1260 g/mol. The Kier molecular flexibility index (Phi) is 17.1. The minimum absolute atomic E-state index is 0. The molecule has 0 unspecified atom stereocenters. The maximum absolute atomic E-state index is 5.70. The molecule has 0 amide bonds. The number of nitrogens with zero attached hydrogens (tertiary/aromatic N) is 4. The maximum Gasteiger partial charge on any atom is 1.00 e. The van der Waals surface area contributed by atoms with Crippen LogP contribution in [0.1, 0.15) is 56.6 Å². The Labute approximate surface area is 622 Å². The molecule has 0 spiro atoms. The molecule has 5 heteroatoms. The summed E-state index contributed by atoms with van der Waals surface area (Å²) in [7, 11) is 0. The molecule has 0 aliphatic heterocycles. The fraction of sp³-hybridized carbons (Fsp3) is 0.0300. The first-order chi connectivity index (χ1) is 51.6. The molecule has 0 saturated carbocycles. The normalized spacial score (nSPS) is 12.2. The minimum atomic E-state index is 0. The Hall–Kier alpha value is -12.8. The summed E-state index contributed by atoms with van der Waals surface area (Å²) in [6, 6.07) is 132. The van der Waals surface area contributed by atoms with E-state index in [9.17, 15) is 0 Å². The van der Waals surface area contributed by atoms with Gasteiger partial charge in [-0.2, -0.15) is 0 Å². The predicted octanol–water partition coefficient (Wildman–Crippen LogP) is 22.5. The Morgan fingerprint density at radius 3 is 0.876 bits per heavy atom. The van der Waals surface area contributed by atoms with Crippen LogP contribution in [0.2, 0.25) is 0 Å². The average molecular weight is 1330 g/mol. The summed E-state index contributed by atoms with van der Waals surface area (Å²) in [5.74, 6) is 0.0276. The molecule has 3 aliphatic rings. The van der Waals surface area contributed by atoms with Crippen molar-refractivity contribution in [3.8, 4) is 77.9 Å². The van der Waals surface area contributed by atoms with Gasteiger partial charge in [0.05, 0.1) is 45.3 Å². The van der Waals surface area contributed by atoms with E-state index in [4.69, 9.17) is 9.97 Å². The second-order valence-electron chi connectivity index (χ2n) is 27.1. The van der Waals surface area contributed by atoms with Crippen LogP contribution < -0.4 is 18.9 Å². The first-order valence-electron chi connectivity index (χ1n) is 35.9. The van der Waals surface area contributed by atoms with Crippen molar-refractivity contribution in [3.63, 3.8) is 0 Å². The summed E-state index contributed by atoms with van der Waals surface area (Å²) in [6.07, 6.45) is 4.86. The van der Waals surface area contributed by atoms with Crippen molar-refractivity contribution in [1.29, 1.82) is 0 Å². The summed E-state index contributed by atoms with van der Waals surface area (Å²) >= 11 is 0. The first-order valence-corrected chi connectivity index (χ1v) is 35.9. The smallest absolute Gasteiger partial charge is 0.254 e. The van der Waals surface area contributed by atoms with Crippen LogP contribution in [0.4, 0.5) is 0 Å². The van der Waals surface area contributed by atoms with Crippen molar-refractivity contribution in [1.82, 2.24) is 19.9 Å². The molecule has 0 radical (unpaired) electrons. The summed E-state index contributed by atoms with van der Waals surface area (Å²) in [4.78, 5) is 20.7. The van der Waals surface area contributed by atoms with Gasteiger partial charge in [0.1, 0.15) is 0 Å². The number of pyridine rings is 4. The zero-order valence-corrected chi connectivity index (χ0v) is 58.0. The largest absolute Gasteiger partial charge is 1.00 e. The van der Waals surface area contributed by atoms with E-state index in [0.717, 1.165) is 61.4 Å². The molecule has 4 nitrogen and oxygen atoms in total. The molecule has 0 atom stereocenters. The zero-order valence-electron chi connectivity index (χ0n) is 58.0. The molecule has 4 aromatic heterocycles. The fourth-order valence-electron chi connectivity index (χ4n) is 16.5. The summed E-state index contributed by atoms with van der Waals surface area (Å²) in [6.45, 7) is 0. The van der Waals surface area contributed by atoms with Gasteiger partial charge in [-0.1, -0.05) is 328 Å². The van der Waals surface area contributed by atoms with Crippen LogP contribution in [-0.2, 0) is 6.42 Å². The van der Waals surface area contributed by atoms with E-state index < -0.39 is 0 Å². The molecule has 15 aromatic carbocycles. The molecule has 3 aliphatic carbocycles. The van der Waals surface area contributed by atoms with E-state index in [1.807, 2.05) is 24.5 Å². The Morgan fingerprint density at radius 2 is 0.514 bits per heavy atom. The third-order valence-corrected chi connectivity index (χ3v) is 21.2. The Morgan fingerprint density at radius 1 is 0.229 bits per heavy atom. The number of hydrogen-bond acceptors (Lipinski definition) is 4. The van der Waals surface area contributed by atoms with Gasteiger partial charge in [-0.25, -0.2) is 9.97 Å². The van der Waals surface area contributed by atoms with Crippen molar-refractivity contribution in [2.75, 3.05) is 0 Å². The van der Waals surface area contributed by atoms with Crippen LogP contribution in [0.15, 0.2) is 382 Å². The van der Waals surface area contributed by atoms with Crippen molar-refractivity contribution in [2.45, 2.75) is 18.3 Å². The van der Waals surface area contributed by atoms with E-state index in [2.05, 4.69) is 368 Å². The van der Waals surface area contributed by atoms with Crippen LogP contribution >= 0.6 is 0 Å². The van der Waals surface area contributed by atoms with Gasteiger partial charge in [0.25, 0.3) is 0 Å². The molecule has 19 aromatic rings. The van der Waals surface area contributed by atoms with Gasteiger partial charge in [-0.05, 0) is 142 Å². The van der Waals surface area contributed by atoms with Gasteiger partial charge >= 0.3 is 18.9 Å². The van der Waals surface area contributed by atoms with Gasteiger partial charge in [-0.3, -0.25) is 9.97 Å². The van der Waals surface area contributed by atoms with Crippen LogP contribution in [0.3, 0.4) is 0 Å². The number of fused-ring (bicyclic) bond motifs is 18. The van der Waals surface area contributed by atoms with Crippen LogP contribution in [0.25, 0.3) is 143 Å². The summed E-state index contributed by atoms with van der Waals surface area (Å²) < 4.78 is 0. The van der Waals surface area contributed by atoms with E-state index in [0.29, 0.717) is 0 Å². The number of aromatic nitrogens is 4. The van der Waals surface area contributed by atoms with Crippen LogP contribution in [0, 0.1) is 0 Å². The van der Waals surface area contributed by atoms with Gasteiger partial charge in [0, 0.05) is 33.9 Å². The maximum atomic E-state index is 5.70. The second-order valence-corrected chi connectivity index (χ2v) is 27.1. The monoisotopic (exact) mass is 1330 g/mol.